The van der Waals surface area contributed by atoms with Crippen molar-refractivity contribution in [1.29, 1.82) is 0 Å². The van der Waals surface area contributed by atoms with Crippen molar-refractivity contribution in [2.75, 3.05) is 7.05 Å². The molecule has 2 heteroatoms. The lowest BCUT2D eigenvalue weighted by molar-refractivity contribution is 0.542. The molecule has 0 unspecified atom stereocenters. The molecule has 15 heavy (non-hydrogen) atoms. The van der Waals surface area contributed by atoms with Gasteiger partial charge in [-0.25, -0.2) is 0 Å². The van der Waals surface area contributed by atoms with Gasteiger partial charge in [-0.1, -0.05) is 26.8 Å². The topological polar surface area (TPSA) is 15.6 Å². The standard InChI is InChI=1S/C13H20N2/c1-6-11-8-7-9-15(5)13(11)12(14-4)10(2)3/h7-10H,4,6H2,1-3,5H3/b13-12-. The Kier molecular flexibility index (Phi) is 3.89. The molecule has 0 aromatic carbocycles. The van der Waals surface area contributed by atoms with E-state index in [1.54, 1.807) is 0 Å². The molecule has 0 amide bonds. The average Bonchev–Trinajstić information content (AvgIpc) is 2.21. The summed E-state index contributed by atoms with van der Waals surface area (Å²) >= 11 is 0. The molecule has 0 saturated carbocycles. The fraction of sp³-hybridized carbons (Fsp3) is 0.462. The van der Waals surface area contributed by atoms with Crippen molar-refractivity contribution in [2.45, 2.75) is 27.2 Å². The van der Waals surface area contributed by atoms with Gasteiger partial charge in [-0.2, -0.15) is 0 Å². The summed E-state index contributed by atoms with van der Waals surface area (Å²) in [6.45, 7) is 10.1. The minimum atomic E-state index is 0.404. The van der Waals surface area contributed by atoms with Gasteiger partial charge in [0.2, 0.25) is 0 Å². The Balaban J connectivity index is 3.25. The number of nitrogens with zero attached hydrogens (tertiary/aromatic N) is 2. The smallest absolute Gasteiger partial charge is 0.0660 e. The Morgan fingerprint density at radius 2 is 2.20 bits per heavy atom. The summed E-state index contributed by atoms with van der Waals surface area (Å²) in [5, 5.41) is 0. The van der Waals surface area contributed by atoms with Crippen LogP contribution in [0.15, 0.2) is 40.3 Å². The lowest BCUT2D eigenvalue weighted by Gasteiger charge is -2.26. The third-order valence-electron chi connectivity index (χ3n) is 2.60. The second kappa shape index (κ2) is 4.96. The second-order valence-corrected chi connectivity index (χ2v) is 4.04. The van der Waals surface area contributed by atoms with Gasteiger partial charge < -0.3 is 4.90 Å². The normalized spacial score (nSPS) is 19.3. The van der Waals surface area contributed by atoms with Gasteiger partial charge in [-0.05, 0) is 30.7 Å². The van der Waals surface area contributed by atoms with Crippen LogP contribution in [0.5, 0.6) is 0 Å². The highest BCUT2D eigenvalue weighted by Gasteiger charge is 2.17. The second-order valence-electron chi connectivity index (χ2n) is 4.04. The first-order valence-electron chi connectivity index (χ1n) is 5.43. The highest BCUT2D eigenvalue weighted by atomic mass is 15.1. The van der Waals surface area contributed by atoms with Crippen molar-refractivity contribution < 1.29 is 0 Å². The molecule has 0 N–H and O–H groups in total. The minimum absolute atomic E-state index is 0.404. The monoisotopic (exact) mass is 204 g/mol. The van der Waals surface area contributed by atoms with Gasteiger partial charge in [0.25, 0.3) is 0 Å². The molecule has 1 heterocycles. The first-order chi connectivity index (χ1) is 7.11. The van der Waals surface area contributed by atoms with Crippen LogP contribution in [0.3, 0.4) is 0 Å². The molecule has 0 radical (unpaired) electrons. The Morgan fingerprint density at radius 1 is 1.53 bits per heavy atom. The maximum atomic E-state index is 4.17. The minimum Gasteiger partial charge on any atom is -0.349 e. The van der Waals surface area contributed by atoms with Gasteiger partial charge >= 0.3 is 0 Å². The molecule has 0 saturated heterocycles. The highest BCUT2D eigenvalue weighted by molar-refractivity contribution is 5.43. The first-order valence-corrected chi connectivity index (χ1v) is 5.43. The van der Waals surface area contributed by atoms with E-state index in [9.17, 15) is 0 Å². The predicted octanol–water partition coefficient (Wildman–Crippen LogP) is 3.35. The first kappa shape index (κ1) is 11.8. The van der Waals surface area contributed by atoms with E-state index in [-0.39, 0.29) is 0 Å². The molecule has 0 aromatic heterocycles. The van der Waals surface area contributed by atoms with Crippen LogP contribution in [-0.2, 0) is 0 Å². The lowest BCUT2D eigenvalue weighted by atomic mass is 9.99. The van der Waals surface area contributed by atoms with Crippen LogP contribution in [0.2, 0.25) is 0 Å². The van der Waals surface area contributed by atoms with E-state index >= 15 is 0 Å². The van der Waals surface area contributed by atoms with E-state index in [1.165, 1.54) is 11.3 Å². The predicted molar refractivity (Wildman–Crippen MR) is 66.7 cm³/mol. The summed E-state index contributed by atoms with van der Waals surface area (Å²) in [5.74, 6) is 0.404. The van der Waals surface area contributed by atoms with Crippen LogP contribution in [0, 0.1) is 5.92 Å². The molecular formula is C13H20N2. The number of hydrogen-bond acceptors (Lipinski definition) is 2. The summed E-state index contributed by atoms with van der Waals surface area (Å²) in [5.41, 5.74) is 3.62. The Bertz CT molecular complexity index is 332. The van der Waals surface area contributed by atoms with Gasteiger partial charge in [0.1, 0.15) is 0 Å². The van der Waals surface area contributed by atoms with Crippen LogP contribution in [0.25, 0.3) is 0 Å². The number of allylic oxidation sites excluding steroid dienone is 4. The molecule has 1 rings (SSSR count). The molecule has 0 aliphatic carbocycles. The van der Waals surface area contributed by atoms with Crippen molar-refractivity contribution >= 4 is 6.72 Å². The molecule has 82 valence electrons. The van der Waals surface area contributed by atoms with Crippen molar-refractivity contribution in [3.63, 3.8) is 0 Å². The Labute approximate surface area is 92.7 Å². The van der Waals surface area contributed by atoms with Gasteiger partial charge in [0.15, 0.2) is 0 Å². The summed E-state index contributed by atoms with van der Waals surface area (Å²) in [4.78, 5) is 6.30. The van der Waals surface area contributed by atoms with E-state index in [0.717, 1.165) is 12.1 Å². The third-order valence-corrected chi connectivity index (χ3v) is 2.60. The fourth-order valence-corrected chi connectivity index (χ4v) is 1.83. The van der Waals surface area contributed by atoms with Crippen molar-refractivity contribution in [1.82, 2.24) is 4.90 Å². The molecule has 1 aliphatic rings. The zero-order chi connectivity index (χ0) is 11.4. The van der Waals surface area contributed by atoms with Crippen LogP contribution in [0.1, 0.15) is 27.2 Å². The van der Waals surface area contributed by atoms with E-state index in [1.807, 2.05) is 0 Å². The molecule has 0 fully saturated rings. The van der Waals surface area contributed by atoms with Crippen molar-refractivity contribution in [2.24, 2.45) is 10.9 Å². The largest absolute Gasteiger partial charge is 0.349 e. The molecule has 0 atom stereocenters. The van der Waals surface area contributed by atoms with Gasteiger partial charge in [0, 0.05) is 13.2 Å². The van der Waals surface area contributed by atoms with E-state index in [2.05, 4.69) is 62.8 Å². The molecule has 2 nitrogen and oxygen atoms in total. The zero-order valence-electron chi connectivity index (χ0n) is 10.1. The van der Waals surface area contributed by atoms with Gasteiger partial charge in [-0.3, -0.25) is 4.99 Å². The van der Waals surface area contributed by atoms with Gasteiger partial charge in [0.05, 0.1) is 11.4 Å². The average molecular weight is 204 g/mol. The highest BCUT2D eigenvalue weighted by Crippen LogP contribution is 2.28. The number of rotatable bonds is 3. The molecule has 0 bridgehead atoms. The van der Waals surface area contributed by atoms with Crippen LogP contribution in [0.4, 0.5) is 0 Å². The van der Waals surface area contributed by atoms with Crippen LogP contribution >= 0.6 is 0 Å². The Hall–Kier alpha value is -1.31. The molecular weight excluding hydrogens is 184 g/mol. The third kappa shape index (κ3) is 2.38. The summed E-state index contributed by atoms with van der Waals surface area (Å²) in [6.07, 6.45) is 7.31. The fourth-order valence-electron chi connectivity index (χ4n) is 1.83. The summed E-state index contributed by atoms with van der Waals surface area (Å²) in [7, 11) is 2.06. The quantitative estimate of drug-likeness (QED) is 0.644. The maximum absolute atomic E-state index is 4.17. The number of aliphatic imine (C=N–C) groups is 1. The Morgan fingerprint density at radius 3 is 2.67 bits per heavy atom. The molecule has 0 aromatic rings. The zero-order valence-corrected chi connectivity index (χ0v) is 10.1. The van der Waals surface area contributed by atoms with Crippen LogP contribution in [-0.4, -0.2) is 18.7 Å². The maximum Gasteiger partial charge on any atom is 0.0660 e. The molecule has 0 spiro atoms. The lowest BCUT2D eigenvalue weighted by Crippen LogP contribution is -2.18. The number of hydrogen-bond donors (Lipinski definition) is 0. The van der Waals surface area contributed by atoms with E-state index in [0.29, 0.717) is 5.92 Å². The van der Waals surface area contributed by atoms with Crippen molar-refractivity contribution in [3.8, 4) is 0 Å². The SMILES string of the molecule is C=N/C(=C1/C(CC)=CC=CN1C)C(C)C. The summed E-state index contributed by atoms with van der Waals surface area (Å²) < 4.78 is 0. The van der Waals surface area contributed by atoms with Crippen molar-refractivity contribution in [3.05, 3.63) is 35.3 Å². The van der Waals surface area contributed by atoms with E-state index in [4.69, 9.17) is 0 Å². The van der Waals surface area contributed by atoms with Gasteiger partial charge in [-0.15, -0.1) is 0 Å². The molecule has 1 aliphatic heterocycles. The van der Waals surface area contributed by atoms with Crippen LogP contribution < -0.4 is 0 Å². The number of likely N-dealkylation sites (N-methyl/N-ethyl adjacent to an activating group) is 1. The van der Waals surface area contributed by atoms with E-state index < -0.39 is 0 Å². The summed E-state index contributed by atoms with van der Waals surface area (Å²) in [6, 6.07) is 0.